The summed E-state index contributed by atoms with van der Waals surface area (Å²) in [6.45, 7) is 8.90. The van der Waals surface area contributed by atoms with Gasteiger partial charge in [0.05, 0.1) is 0 Å². The third-order valence-electron chi connectivity index (χ3n) is 9.72. The third-order valence-corrected chi connectivity index (χ3v) is 11.6. The number of amides is 1. The largest absolute Gasteiger partial charge is 0.471 e. The van der Waals surface area contributed by atoms with Gasteiger partial charge in [0, 0.05) is 40.2 Å². The standard InChI is InChI=1S/C25H36F3NO3S/c1-15-13-17-18-5-6-21(30)24(18,3)10-8-19(17)23(2)9-7-16(14-20(15)23)33(32)12-4-11-29-22(31)25(26,27)28/h16-20H,1,4-14H2,2-3H3,(H,29,31)/t16-,17-,18-,19-,20-,23+,24-,33?/m0/s1. The van der Waals surface area contributed by atoms with E-state index in [0.717, 1.165) is 44.9 Å². The van der Waals surface area contributed by atoms with Crippen LogP contribution in [0.15, 0.2) is 12.2 Å². The number of alkyl halides is 3. The Hall–Kier alpha value is -1.18. The molecule has 4 aliphatic carbocycles. The molecule has 186 valence electrons. The molecule has 33 heavy (non-hydrogen) atoms. The molecule has 0 radical (unpaired) electrons. The predicted octanol–water partition coefficient (Wildman–Crippen LogP) is 4.95. The molecule has 0 aromatic heterocycles. The van der Waals surface area contributed by atoms with Gasteiger partial charge in [-0.15, -0.1) is 0 Å². The van der Waals surface area contributed by atoms with Crippen LogP contribution in [-0.4, -0.2) is 39.6 Å². The normalized spacial score (nSPS) is 41.7. The quantitative estimate of drug-likeness (QED) is 0.441. The van der Waals surface area contributed by atoms with Gasteiger partial charge >= 0.3 is 12.1 Å². The smallest absolute Gasteiger partial charge is 0.348 e. The van der Waals surface area contributed by atoms with Gasteiger partial charge in [-0.1, -0.05) is 26.0 Å². The van der Waals surface area contributed by atoms with Crippen molar-refractivity contribution < 1.29 is 27.0 Å². The van der Waals surface area contributed by atoms with Crippen LogP contribution in [0.2, 0.25) is 0 Å². The molecule has 1 amide bonds. The SMILES string of the molecule is C=C1C[C@@H]2[C@H](CC[C@]3(C)C(=O)CC[C@@H]23)[C@@]2(C)CC[C@H](S(=O)CCCNC(=O)C(F)(F)F)C[C@@H]12. The Labute approximate surface area is 197 Å². The number of carbonyl (C=O) groups excluding carboxylic acids is 2. The maximum atomic E-state index is 12.9. The number of allylic oxidation sites excluding steroid dienone is 1. The van der Waals surface area contributed by atoms with Crippen LogP contribution >= 0.6 is 0 Å². The number of Topliss-reactive ketones (excluding diaryl/α,β-unsaturated/α-hetero) is 1. The number of halogens is 3. The summed E-state index contributed by atoms with van der Waals surface area (Å²) in [7, 11) is -1.13. The highest BCUT2D eigenvalue weighted by molar-refractivity contribution is 7.85. The van der Waals surface area contributed by atoms with Gasteiger partial charge in [-0.05, 0) is 80.5 Å². The second kappa shape index (κ2) is 8.80. The lowest BCUT2D eigenvalue weighted by atomic mass is 9.44. The van der Waals surface area contributed by atoms with E-state index < -0.39 is 22.9 Å². The lowest BCUT2D eigenvalue weighted by molar-refractivity contribution is -0.173. The Morgan fingerprint density at radius 3 is 2.61 bits per heavy atom. The Balaban J connectivity index is 1.36. The second-order valence-corrected chi connectivity index (χ2v) is 13.1. The number of nitrogens with one attached hydrogen (secondary N) is 1. The molecule has 4 saturated carbocycles. The third kappa shape index (κ3) is 4.34. The molecule has 0 aliphatic heterocycles. The van der Waals surface area contributed by atoms with E-state index in [4.69, 9.17) is 0 Å². The first-order valence-corrected chi connectivity index (χ1v) is 13.7. The number of carbonyl (C=O) groups is 2. The zero-order valence-corrected chi connectivity index (χ0v) is 20.5. The van der Waals surface area contributed by atoms with Crippen molar-refractivity contribution in [2.45, 2.75) is 83.1 Å². The fourth-order valence-corrected chi connectivity index (χ4v) is 9.45. The van der Waals surface area contributed by atoms with Gasteiger partial charge in [0.2, 0.25) is 0 Å². The van der Waals surface area contributed by atoms with Crippen LogP contribution in [0.5, 0.6) is 0 Å². The van der Waals surface area contributed by atoms with Crippen LogP contribution in [0.3, 0.4) is 0 Å². The molecule has 4 fully saturated rings. The summed E-state index contributed by atoms with van der Waals surface area (Å²) in [5.74, 6) is 0.654. The van der Waals surface area contributed by atoms with Gasteiger partial charge in [-0.25, -0.2) is 0 Å². The highest BCUT2D eigenvalue weighted by Gasteiger charge is 2.61. The van der Waals surface area contributed by atoms with Gasteiger partial charge < -0.3 is 5.32 Å². The van der Waals surface area contributed by atoms with Crippen LogP contribution in [0.4, 0.5) is 13.2 Å². The minimum atomic E-state index is -4.88. The summed E-state index contributed by atoms with van der Waals surface area (Å²) >= 11 is 0. The van der Waals surface area contributed by atoms with Gasteiger partial charge in [-0.2, -0.15) is 13.2 Å². The Morgan fingerprint density at radius 2 is 1.91 bits per heavy atom. The molecule has 0 heterocycles. The van der Waals surface area contributed by atoms with Crippen molar-refractivity contribution in [2.75, 3.05) is 12.3 Å². The van der Waals surface area contributed by atoms with E-state index in [1.807, 2.05) is 5.32 Å². The van der Waals surface area contributed by atoms with E-state index in [-0.39, 0.29) is 29.0 Å². The summed E-state index contributed by atoms with van der Waals surface area (Å²) in [5.41, 5.74) is 1.20. The molecule has 0 aromatic carbocycles. The van der Waals surface area contributed by atoms with Crippen molar-refractivity contribution in [3.63, 3.8) is 0 Å². The molecule has 8 heteroatoms. The average Bonchev–Trinajstić information content (AvgIpc) is 3.05. The molecule has 0 spiro atoms. The molecule has 1 N–H and O–H groups in total. The van der Waals surface area contributed by atoms with E-state index >= 15 is 0 Å². The summed E-state index contributed by atoms with van der Waals surface area (Å²) < 4.78 is 49.8. The second-order valence-electron chi connectivity index (χ2n) is 11.3. The summed E-state index contributed by atoms with van der Waals surface area (Å²) in [6.07, 6.45) is 2.78. The summed E-state index contributed by atoms with van der Waals surface area (Å²) in [5, 5.41) is 1.88. The molecule has 0 bridgehead atoms. The highest BCUT2D eigenvalue weighted by atomic mass is 32.2. The van der Waals surface area contributed by atoms with Crippen molar-refractivity contribution in [1.82, 2.24) is 5.32 Å². The Bertz CT molecular complexity index is 858. The molecular formula is C25H36F3NO3S. The van der Waals surface area contributed by atoms with Crippen LogP contribution in [0.25, 0.3) is 0 Å². The summed E-state index contributed by atoms with van der Waals surface area (Å²) in [4.78, 5) is 23.5. The first kappa shape index (κ1) is 24.9. The zero-order valence-electron chi connectivity index (χ0n) is 19.6. The van der Waals surface area contributed by atoms with E-state index in [2.05, 4.69) is 20.4 Å². The predicted molar refractivity (Wildman–Crippen MR) is 122 cm³/mol. The molecule has 4 rings (SSSR count). The minimum Gasteiger partial charge on any atom is -0.348 e. The lowest BCUT2D eigenvalue weighted by Gasteiger charge is -2.60. The number of hydrogen-bond donors (Lipinski definition) is 1. The van der Waals surface area contributed by atoms with Gasteiger partial charge in [0.15, 0.2) is 0 Å². The highest BCUT2D eigenvalue weighted by Crippen LogP contribution is 2.66. The number of rotatable bonds is 5. The number of fused-ring (bicyclic) bond motifs is 5. The molecule has 4 aliphatic rings. The molecular weight excluding hydrogens is 451 g/mol. The first-order valence-electron chi connectivity index (χ1n) is 12.3. The fraction of sp³-hybridized carbons (Fsp3) is 0.840. The zero-order chi connectivity index (χ0) is 24.2. The van der Waals surface area contributed by atoms with Crippen molar-refractivity contribution in [3.05, 3.63) is 12.2 Å². The first-order chi connectivity index (χ1) is 15.4. The van der Waals surface area contributed by atoms with E-state index in [9.17, 15) is 27.0 Å². The monoisotopic (exact) mass is 487 g/mol. The van der Waals surface area contributed by atoms with E-state index in [1.54, 1.807) is 0 Å². The lowest BCUT2D eigenvalue weighted by Crippen LogP contribution is -2.55. The number of hydrogen-bond acceptors (Lipinski definition) is 3. The van der Waals surface area contributed by atoms with Crippen molar-refractivity contribution in [1.29, 1.82) is 0 Å². The Kier molecular flexibility index (Phi) is 6.64. The fourth-order valence-electron chi connectivity index (χ4n) is 7.90. The number of ketones is 1. The van der Waals surface area contributed by atoms with Crippen LogP contribution < -0.4 is 5.32 Å². The van der Waals surface area contributed by atoms with Crippen LogP contribution in [0, 0.1) is 34.5 Å². The topological polar surface area (TPSA) is 63.2 Å². The van der Waals surface area contributed by atoms with Gasteiger partial charge in [0.25, 0.3) is 0 Å². The van der Waals surface area contributed by atoms with Crippen molar-refractivity contribution in [2.24, 2.45) is 34.5 Å². The van der Waals surface area contributed by atoms with E-state index in [0.29, 0.717) is 41.6 Å². The summed E-state index contributed by atoms with van der Waals surface area (Å²) in [6, 6.07) is 0. The molecule has 8 atom stereocenters. The molecule has 0 aromatic rings. The maximum Gasteiger partial charge on any atom is 0.471 e. The Morgan fingerprint density at radius 1 is 1.18 bits per heavy atom. The van der Waals surface area contributed by atoms with E-state index in [1.165, 1.54) is 5.57 Å². The molecule has 4 nitrogen and oxygen atoms in total. The van der Waals surface area contributed by atoms with Crippen molar-refractivity contribution in [3.8, 4) is 0 Å². The van der Waals surface area contributed by atoms with Gasteiger partial charge in [-0.3, -0.25) is 13.8 Å². The average molecular weight is 488 g/mol. The van der Waals surface area contributed by atoms with Gasteiger partial charge in [0.1, 0.15) is 5.78 Å². The van der Waals surface area contributed by atoms with Crippen LogP contribution in [-0.2, 0) is 20.4 Å². The molecule has 0 saturated heterocycles. The molecule has 1 unspecified atom stereocenters. The minimum absolute atomic E-state index is 0.0246. The van der Waals surface area contributed by atoms with Crippen molar-refractivity contribution >= 4 is 22.5 Å². The van der Waals surface area contributed by atoms with Crippen LogP contribution in [0.1, 0.15) is 71.6 Å². The maximum absolute atomic E-state index is 12.9.